The molecule has 0 bridgehead atoms. The molecule has 0 heterocycles. The molecule has 0 aliphatic heterocycles. The summed E-state index contributed by atoms with van der Waals surface area (Å²) in [6, 6.07) is 0. The maximum Gasteiger partial charge on any atom is -0.0313 e. The lowest BCUT2D eigenvalue weighted by Gasteiger charge is -1.97. The first-order chi connectivity index (χ1) is 7.91. The van der Waals surface area contributed by atoms with E-state index in [9.17, 15) is 0 Å². The lowest BCUT2D eigenvalue weighted by Crippen LogP contribution is -1.77. The Hall–Kier alpha value is -0.780. The lowest BCUT2D eigenvalue weighted by molar-refractivity contribution is 0.611. The Morgan fingerprint density at radius 1 is 0.750 bits per heavy atom. The Morgan fingerprint density at radius 2 is 1.38 bits per heavy atom. The summed E-state index contributed by atoms with van der Waals surface area (Å²) in [6.07, 6.45) is 22.6. The van der Waals surface area contributed by atoms with E-state index in [1.807, 2.05) is 12.2 Å². The van der Waals surface area contributed by atoms with Crippen molar-refractivity contribution in [2.24, 2.45) is 0 Å². The highest BCUT2D eigenvalue weighted by Crippen LogP contribution is 2.07. The Morgan fingerprint density at radius 3 is 2.12 bits per heavy atom. The number of hydrogen-bond acceptors (Lipinski definition) is 0. The fourth-order valence-corrected chi connectivity index (χ4v) is 1.66. The monoisotopic (exact) mass is 220 g/mol. The van der Waals surface area contributed by atoms with Crippen LogP contribution in [0.2, 0.25) is 0 Å². The van der Waals surface area contributed by atoms with E-state index in [2.05, 4.69) is 31.7 Å². The van der Waals surface area contributed by atoms with Gasteiger partial charge in [-0.3, -0.25) is 0 Å². The Balaban J connectivity index is 3.09. The van der Waals surface area contributed by atoms with E-state index in [1.165, 1.54) is 51.4 Å². The summed E-state index contributed by atoms with van der Waals surface area (Å²) in [5.74, 6) is 0. The lowest BCUT2D eigenvalue weighted by atomic mass is 10.1. The van der Waals surface area contributed by atoms with Crippen LogP contribution in [0.4, 0.5) is 0 Å². The van der Waals surface area contributed by atoms with Gasteiger partial charge in [0.2, 0.25) is 0 Å². The first kappa shape index (κ1) is 15.2. The fraction of sp³-hybridized carbons (Fsp3) is 0.625. The second-order valence-corrected chi connectivity index (χ2v) is 4.27. The molecule has 0 saturated carbocycles. The molecule has 0 atom stereocenters. The van der Waals surface area contributed by atoms with Gasteiger partial charge in [-0.15, -0.1) is 0 Å². The van der Waals surface area contributed by atoms with Gasteiger partial charge in [-0.1, -0.05) is 76.0 Å². The molecule has 16 heavy (non-hydrogen) atoms. The summed E-state index contributed by atoms with van der Waals surface area (Å²) in [5, 5.41) is 0. The molecule has 0 spiro atoms. The summed E-state index contributed by atoms with van der Waals surface area (Å²) < 4.78 is 0. The predicted molar refractivity (Wildman–Crippen MR) is 75.7 cm³/mol. The highest BCUT2D eigenvalue weighted by molar-refractivity contribution is 4.98. The minimum Gasteiger partial charge on any atom is -0.0991 e. The molecule has 0 amide bonds. The van der Waals surface area contributed by atoms with Crippen LogP contribution < -0.4 is 0 Å². The summed E-state index contributed by atoms with van der Waals surface area (Å²) in [6.45, 7) is 5.91. The molecule has 0 aliphatic carbocycles. The zero-order valence-corrected chi connectivity index (χ0v) is 11.0. The molecule has 0 aliphatic rings. The molecule has 0 aromatic carbocycles. The van der Waals surface area contributed by atoms with Crippen LogP contribution in [-0.4, -0.2) is 0 Å². The molecule has 92 valence electrons. The molecular formula is C16H28. The minimum absolute atomic E-state index is 1.14. The number of rotatable bonds is 11. The van der Waals surface area contributed by atoms with Crippen molar-refractivity contribution in [1.29, 1.82) is 0 Å². The predicted octanol–water partition coefficient (Wildman–Crippen LogP) is 5.82. The fourth-order valence-electron chi connectivity index (χ4n) is 1.66. The standard InChI is InChI=1S/C16H28/c1-3-5-7-9-11-13-15-16-14-12-10-8-6-4-2/h3,5,7,13,15H,1,4,6,8-12,14,16H2,2H3. The van der Waals surface area contributed by atoms with E-state index in [0.717, 1.165) is 6.42 Å². The van der Waals surface area contributed by atoms with Crippen LogP contribution in [0.25, 0.3) is 0 Å². The quantitative estimate of drug-likeness (QED) is 0.234. The van der Waals surface area contributed by atoms with Gasteiger partial charge in [0.15, 0.2) is 0 Å². The van der Waals surface area contributed by atoms with Crippen LogP contribution in [0.5, 0.6) is 0 Å². The third-order valence-electron chi connectivity index (χ3n) is 2.66. The molecule has 0 fully saturated rings. The zero-order chi connectivity index (χ0) is 11.9. The number of allylic oxidation sites excluding steroid dienone is 5. The van der Waals surface area contributed by atoms with Crippen molar-refractivity contribution in [1.82, 2.24) is 0 Å². The molecular weight excluding hydrogens is 192 g/mol. The van der Waals surface area contributed by atoms with E-state index in [0.29, 0.717) is 0 Å². The molecule has 0 heteroatoms. The van der Waals surface area contributed by atoms with Crippen LogP contribution in [0.1, 0.15) is 64.7 Å². The van der Waals surface area contributed by atoms with Gasteiger partial charge in [0.05, 0.1) is 0 Å². The van der Waals surface area contributed by atoms with Gasteiger partial charge in [-0.2, -0.15) is 0 Å². The molecule has 0 unspecified atom stereocenters. The van der Waals surface area contributed by atoms with Gasteiger partial charge in [-0.05, 0) is 25.7 Å². The first-order valence-corrected chi connectivity index (χ1v) is 6.84. The van der Waals surface area contributed by atoms with Crippen molar-refractivity contribution in [2.45, 2.75) is 64.7 Å². The van der Waals surface area contributed by atoms with E-state index >= 15 is 0 Å². The van der Waals surface area contributed by atoms with Gasteiger partial charge < -0.3 is 0 Å². The minimum atomic E-state index is 1.14. The topological polar surface area (TPSA) is 0 Å². The number of hydrogen-bond donors (Lipinski definition) is 0. The molecule has 0 saturated heterocycles. The van der Waals surface area contributed by atoms with Crippen LogP contribution >= 0.6 is 0 Å². The van der Waals surface area contributed by atoms with E-state index in [-0.39, 0.29) is 0 Å². The first-order valence-electron chi connectivity index (χ1n) is 6.84. The Labute approximate surface area is 102 Å². The van der Waals surface area contributed by atoms with Crippen molar-refractivity contribution in [3.05, 3.63) is 37.0 Å². The summed E-state index contributed by atoms with van der Waals surface area (Å²) in [5.41, 5.74) is 0. The SMILES string of the molecule is C=CC=CCCC=CCCCCCCCC. The molecule has 0 N–H and O–H groups in total. The van der Waals surface area contributed by atoms with Crippen LogP contribution in [0.15, 0.2) is 37.0 Å². The highest BCUT2D eigenvalue weighted by atomic mass is 13.9. The average molecular weight is 220 g/mol. The van der Waals surface area contributed by atoms with Gasteiger partial charge in [0.25, 0.3) is 0 Å². The molecule has 0 aromatic heterocycles. The van der Waals surface area contributed by atoms with E-state index in [4.69, 9.17) is 0 Å². The van der Waals surface area contributed by atoms with Crippen molar-refractivity contribution >= 4 is 0 Å². The second-order valence-electron chi connectivity index (χ2n) is 4.27. The van der Waals surface area contributed by atoms with Gasteiger partial charge in [0.1, 0.15) is 0 Å². The van der Waals surface area contributed by atoms with Gasteiger partial charge >= 0.3 is 0 Å². The smallest absolute Gasteiger partial charge is 0.0313 e. The van der Waals surface area contributed by atoms with E-state index in [1.54, 1.807) is 0 Å². The van der Waals surface area contributed by atoms with Crippen molar-refractivity contribution in [2.75, 3.05) is 0 Å². The number of unbranched alkanes of at least 4 members (excludes halogenated alkanes) is 7. The van der Waals surface area contributed by atoms with Crippen LogP contribution in [0, 0.1) is 0 Å². The molecule has 0 radical (unpaired) electrons. The maximum atomic E-state index is 3.64. The normalized spacial score (nSPS) is 11.6. The highest BCUT2D eigenvalue weighted by Gasteiger charge is 1.87. The molecule has 0 nitrogen and oxygen atoms in total. The summed E-state index contributed by atoms with van der Waals surface area (Å²) >= 11 is 0. The third kappa shape index (κ3) is 13.2. The maximum absolute atomic E-state index is 3.64. The van der Waals surface area contributed by atoms with Crippen molar-refractivity contribution in [3.63, 3.8) is 0 Å². The Bertz CT molecular complexity index is 186. The van der Waals surface area contributed by atoms with Gasteiger partial charge in [0, 0.05) is 0 Å². The molecule has 0 rings (SSSR count). The second kappa shape index (κ2) is 14.2. The van der Waals surface area contributed by atoms with Crippen molar-refractivity contribution < 1.29 is 0 Å². The molecule has 0 aromatic rings. The van der Waals surface area contributed by atoms with Crippen LogP contribution in [0.3, 0.4) is 0 Å². The zero-order valence-electron chi connectivity index (χ0n) is 11.0. The Kier molecular flexibility index (Phi) is 13.5. The largest absolute Gasteiger partial charge is 0.0991 e. The average Bonchev–Trinajstić information content (AvgIpc) is 2.31. The third-order valence-corrected chi connectivity index (χ3v) is 2.66. The summed E-state index contributed by atoms with van der Waals surface area (Å²) in [4.78, 5) is 0. The van der Waals surface area contributed by atoms with Crippen molar-refractivity contribution in [3.8, 4) is 0 Å². The summed E-state index contributed by atoms with van der Waals surface area (Å²) in [7, 11) is 0. The van der Waals surface area contributed by atoms with Gasteiger partial charge in [-0.25, -0.2) is 0 Å². The van der Waals surface area contributed by atoms with E-state index < -0.39 is 0 Å². The van der Waals surface area contributed by atoms with Crippen LogP contribution in [-0.2, 0) is 0 Å².